The number of carboxylic acids is 1. The number of hydrogen-bond acceptors (Lipinski definition) is 2. The maximum Gasteiger partial charge on any atom is 0.329 e. The molecule has 0 aliphatic heterocycles. The highest BCUT2D eigenvalue weighted by Gasteiger charge is 2.53. The molecular formula is C19H19NO2. The average molecular weight is 293 g/mol. The Morgan fingerprint density at radius 3 is 2.00 bits per heavy atom. The lowest BCUT2D eigenvalue weighted by Crippen LogP contribution is -2.48. The first-order chi connectivity index (χ1) is 10.4. The molecule has 0 saturated heterocycles. The number of hydrogen-bond donors (Lipinski definition) is 1. The molecule has 0 radical (unpaired) electrons. The second-order valence-electron chi connectivity index (χ2n) is 6.08. The van der Waals surface area contributed by atoms with Gasteiger partial charge in [0.05, 0.1) is 6.07 Å². The molecule has 0 spiro atoms. The Balaban J connectivity index is 2.54. The van der Waals surface area contributed by atoms with E-state index < -0.39 is 16.8 Å². The Morgan fingerprint density at radius 2 is 1.55 bits per heavy atom. The molecule has 1 unspecified atom stereocenters. The molecule has 0 aliphatic carbocycles. The minimum absolute atomic E-state index is 0.503. The van der Waals surface area contributed by atoms with Crippen LogP contribution in [0.15, 0.2) is 60.7 Å². The average Bonchev–Trinajstić information content (AvgIpc) is 2.49. The molecular weight excluding hydrogens is 274 g/mol. The van der Waals surface area contributed by atoms with E-state index in [1.807, 2.05) is 50.2 Å². The lowest BCUT2D eigenvalue weighted by Gasteiger charge is -2.39. The van der Waals surface area contributed by atoms with E-state index in [9.17, 15) is 15.2 Å². The predicted octanol–water partition coefficient (Wildman–Crippen LogP) is 3.80. The van der Waals surface area contributed by atoms with Crippen LogP contribution in [0.1, 0.15) is 25.0 Å². The van der Waals surface area contributed by atoms with Crippen LogP contribution in [-0.4, -0.2) is 11.1 Å². The highest BCUT2D eigenvalue weighted by Crippen LogP contribution is 2.44. The normalized spacial score (nSPS) is 13.9. The molecule has 3 nitrogen and oxygen atoms in total. The lowest BCUT2D eigenvalue weighted by molar-refractivity contribution is -0.145. The summed E-state index contributed by atoms with van der Waals surface area (Å²) in [6.07, 6.45) is 0.503. The van der Waals surface area contributed by atoms with Gasteiger partial charge in [0.2, 0.25) is 0 Å². The highest BCUT2D eigenvalue weighted by molar-refractivity contribution is 5.86. The molecule has 0 aliphatic rings. The predicted molar refractivity (Wildman–Crippen MR) is 85.3 cm³/mol. The largest absolute Gasteiger partial charge is 0.480 e. The monoisotopic (exact) mass is 293 g/mol. The maximum atomic E-state index is 12.1. The highest BCUT2D eigenvalue weighted by atomic mass is 16.4. The van der Waals surface area contributed by atoms with Crippen LogP contribution in [0.25, 0.3) is 0 Å². The Hall–Kier alpha value is -2.60. The Kier molecular flexibility index (Phi) is 4.32. The molecule has 1 atom stereocenters. The van der Waals surface area contributed by atoms with Gasteiger partial charge in [0, 0.05) is 5.41 Å². The molecule has 1 N–H and O–H groups in total. The van der Waals surface area contributed by atoms with Crippen molar-refractivity contribution < 1.29 is 9.90 Å². The van der Waals surface area contributed by atoms with Crippen molar-refractivity contribution >= 4 is 5.97 Å². The number of nitrogens with zero attached hydrogens (tertiary/aromatic N) is 1. The minimum Gasteiger partial charge on any atom is -0.480 e. The van der Waals surface area contributed by atoms with E-state index in [-0.39, 0.29) is 0 Å². The third-order valence-corrected chi connectivity index (χ3v) is 4.20. The Morgan fingerprint density at radius 1 is 1.05 bits per heavy atom. The topological polar surface area (TPSA) is 61.1 Å². The second-order valence-corrected chi connectivity index (χ2v) is 6.08. The van der Waals surface area contributed by atoms with E-state index >= 15 is 0 Å². The van der Waals surface area contributed by atoms with Crippen molar-refractivity contribution in [2.45, 2.75) is 25.7 Å². The molecule has 0 saturated carbocycles. The van der Waals surface area contributed by atoms with E-state index in [1.165, 1.54) is 0 Å². The Labute approximate surface area is 130 Å². The number of rotatable bonds is 5. The molecule has 2 aromatic rings. The third-order valence-electron chi connectivity index (χ3n) is 4.20. The molecule has 2 rings (SSSR count). The zero-order chi connectivity index (χ0) is 16.2. The van der Waals surface area contributed by atoms with Gasteiger partial charge < -0.3 is 5.11 Å². The first-order valence-corrected chi connectivity index (χ1v) is 7.18. The van der Waals surface area contributed by atoms with Gasteiger partial charge in [0.1, 0.15) is 0 Å². The van der Waals surface area contributed by atoms with Crippen molar-refractivity contribution in [3.63, 3.8) is 0 Å². The second kappa shape index (κ2) is 6.03. The SMILES string of the molecule is CC(C)(Cc1ccccc1)C(C#N)(C(=O)O)c1ccccc1. The van der Waals surface area contributed by atoms with Crippen molar-refractivity contribution in [3.05, 3.63) is 71.8 Å². The van der Waals surface area contributed by atoms with Gasteiger partial charge in [-0.05, 0) is 17.5 Å². The van der Waals surface area contributed by atoms with Crippen LogP contribution in [0, 0.1) is 16.7 Å². The first kappa shape index (κ1) is 15.8. The van der Waals surface area contributed by atoms with E-state index in [0.717, 1.165) is 5.56 Å². The van der Waals surface area contributed by atoms with Gasteiger partial charge in [0.15, 0.2) is 5.41 Å². The minimum atomic E-state index is -1.59. The summed E-state index contributed by atoms with van der Waals surface area (Å²) in [5, 5.41) is 19.7. The van der Waals surface area contributed by atoms with Crippen molar-refractivity contribution in [1.29, 1.82) is 5.26 Å². The van der Waals surface area contributed by atoms with E-state index in [0.29, 0.717) is 12.0 Å². The van der Waals surface area contributed by atoms with Crippen LogP contribution >= 0.6 is 0 Å². The van der Waals surface area contributed by atoms with Gasteiger partial charge in [-0.25, -0.2) is 0 Å². The summed E-state index contributed by atoms with van der Waals surface area (Å²) in [6, 6.07) is 20.5. The molecule has 3 heteroatoms. The summed E-state index contributed by atoms with van der Waals surface area (Å²) in [5.41, 5.74) is -0.823. The molecule has 0 amide bonds. The first-order valence-electron chi connectivity index (χ1n) is 7.18. The summed E-state index contributed by atoms with van der Waals surface area (Å²) in [4.78, 5) is 12.1. The summed E-state index contributed by atoms with van der Waals surface area (Å²) in [6.45, 7) is 3.68. The van der Waals surface area contributed by atoms with Gasteiger partial charge in [0.25, 0.3) is 0 Å². The maximum absolute atomic E-state index is 12.1. The van der Waals surface area contributed by atoms with E-state index in [1.54, 1.807) is 24.3 Å². The third kappa shape index (κ3) is 2.60. The molecule has 0 fully saturated rings. The molecule has 0 bridgehead atoms. The molecule has 22 heavy (non-hydrogen) atoms. The number of nitriles is 1. The van der Waals surface area contributed by atoms with Gasteiger partial charge >= 0.3 is 5.97 Å². The van der Waals surface area contributed by atoms with Crippen LogP contribution < -0.4 is 0 Å². The number of aliphatic carboxylic acids is 1. The quantitative estimate of drug-likeness (QED) is 0.912. The fourth-order valence-electron chi connectivity index (χ4n) is 2.99. The fourth-order valence-corrected chi connectivity index (χ4v) is 2.99. The summed E-state index contributed by atoms with van der Waals surface area (Å²) in [5.74, 6) is -1.11. The summed E-state index contributed by atoms with van der Waals surface area (Å²) in [7, 11) is 0. The number of benzene rings is 2. The zero-order valence-electron chi connectivity index (χ0n) is 12.8. The molecule has 112 valence electrons. The van der Waals surface area contributed by atoms with Crippen molar-refractivity contribution in [2.24, 2.45) is 5.41 Å². The number of carboxylic acid groups (broad SMARTS) is 1. The smallest absolute Gasteiger partial charge is 0.329 e. The lowest BCUT2D eigenvalue weighted by atomic mass is 9.60. The van der Waals surface area contributed by atoms with Crippen LogP contribution in [0.5, 0.6) is 0 Å². The number of carbonyl (C=O) groups is 1. The zero-order valence-corrected chi connectivity index (χ0v) is 12.8. The van der Waals surface area contributed by atoms with Crippen molar-refractivity contribution in [1.82, 2.24) is 0 Å². The summed E-state index contributed by atoms with van der Waals surface area (Å²) < 4.78 is 0. The van der Waals surface area contributed by atoms with Crippen LogP contribution in [-0.2, 0) is 16.6 Å². The van der Waals surface area contributed by atoms with Crippen LogP contribution in [0.4, 0.5) is 0 Å². The van der Waals surface area contributed by atoms with E-state index in [4.69, 9.17) is 0 Å². The van der Waals surface area contributed by atoms with Crippen LogP contribution in [0.3, 0.4) is 0 Å². The molecule has 0 heterocycles. The standard InChI is InChI=1S/C19H19NO2/c1-18(2,13-15-9-5-3-6-10-15)19(14-20,17(21)22)16-11-7-4-8-12-16/h3-12H,13H2,1-2H3,(H,21,22). The van der Waals surface area contributed by atoms with Gasteiger partial charge in [-0.3, -0.25) is 4.79 Å². The van der Waals surface area contributed by atoms with Gasteiger partial charge in [-0.15, -0.1) is 0 Å². The Bertz CT molecular complexity index is 686. The molecule has 0 aromatic heterocycles. The molecule has 2 aromatic carbocycles. The fraction of sp³-hybridized carbons (Fsp3) is 0.263. The van der Waals surface area contributed by atoms with Crippen molar-refractivity contribution in [2.75, 3.05) is 0 Å². The van der Waals surface area contributed by atoms with E-state index in [2.05, 4.69) is 6.07 Å². The van der Waals surface area contributed by atoms with Gasteiger partial charge in [-0.1, -0.05) is 74.5 Å². The van der Waals surface area contributed by atoms with Crippen molar-refractivity contribution in [3.8, 4) is 6.07 Å². The van der Waals surface area contributed by atoms with Gasteiger partial charge in [-0.2, -0.15) is 5.26 Å². The summed E-state index contributed by atoms with van der Waals surface area (Å²) >= 11 is 0. The van der Waals surface area contributed by atoms with Crippen LogP contribution in [0.2, 0.25) is 0 Å².